The van der Waals surface area contributed by atoms with Crippen molar-refractivity contribution >= 4 is 44.8 Å². The van der Waals surface area contributed by atoms with Crippen LogP contribution in [-0.2, 0) is 0 Å². The van der Waals surface area contributed by atoms with Gasteiger partial charge in [0.05, 0.1) is 0 Å². The van der Waals surface area contributed by atoms with Crippen molar-refractivity contribution in [2.75, 3.05) is 0 Å². The van der Waals surface area contributed by atoms with Crippen LogP contribution in [0.4, 0.5) is 0 Å². The van der Waals surface area contributed by atoms with Crippen LogP contribution in [0, 0.1) is 0 Å². The van der Waals surface area contributed by atoms with Gasteiger partial charge in [-0.2, -0.15) is 0 Å². The van der Waals surface area contributed by atoms with Crippen molar-refractivity contribution in [3.05, 3.63) is 22.9 Å². The van der Waals surface area contributed by atoms with Crippen LogP contribution in [0.5, 0.6) is 0 Å². The van der Waals surface area contributed by atoms with E-state index in [2.05, 4.69) is 37.7 Å². The summed E-state index contributed by atoms with van der Waals surface area (Å²) in [5, 5.41) is 5.56. The molecule has 74 valence electrons. The molecular weight excluding hydrogens is 317 g/mol. The molecule has 0 bridgehead atoms. The molecule has 0 aromatic carbocycles. The van der Waals surface area contributed by atoms with Crippen molar-refractivity contribution in [2.45, 2.75) is 14.8 Å². The van der Waals surface area contributed by atoms with E-state index in [1.165, 1.54) is 13.6 Å². The predicted octanol–water partition coefficient (Wildman–Crippen LogP) is 3.42. The maximum atomic E-state index is 4.75. The van der Waals surface area contributed by atoms with Gasteiger partial charge in [-0.3, -0.25) is 0 Å². The summed E-state index contributed by atoms with van der Waals surface area (Å²) in [5.74, 6) is 0. The first kappa shape index (κ1) is 10.6. The summed E-state index contributed by atoms with van der Waals surface area (Å²) in [6.07, 6.45) is 0. The van der Waals surface area contributed by atoms with Gasteiger partial charge in [0.25, 0.3) is 0 Å². The minimum atomic E-state index is -1.93. The molecule has 0 saturated carbocycles. The Morgan fingerprint density at radius 2 is 2.00 bits per heavy atom. The Bertz CT molecular complexity index is 412. The average molecular weight is 330 g/mol. The van der Waals surface area contributed by atoms with E-state index in [0.29, 0.717) is 0 Å². The van der Waals surface area contributed by atoms with Crippen molar-refractivity contribution in [3.63, 3.8) is 0 Å². The molecule has 2 aromatic heterocycles. The molecular formula is C10H13NS2Sn. The van der Waals surface area contributed by atoms with E-state index in [4.69, 9.17) is 4.98 Å². The molecule has 0 unspecified atom stereocenters. The van der Waals surface area contributed by atoms with Crippen LogP contribution < -0.4 is 3.71 Å². The van der Waals surface area contributed by atoms with E-state index in [0.717, 1.165) is 0 Å². The fourth-order valence-electron chi connectivity index (χ4n) is 1.13. The summed E-state index contributed by atoms with van der Waals surface area (Å²) in [5.41, 5.74) is 0. The number of aromatic nitrogens is 1. The van der Waals surface area contributed by atoms with Crippen LogP contribution in [0.25, 0.3) is 9.88 Å². The second-order valence-corrected chi connectivity index (χ2v) is 20.4. The molecule has 4 heteroatoms. The Morgan fingerprint density at radius 1 is 1.21 bits per heavy atom. The van der Waals surface area contributed by atoms with Gasteiger partial charge in [0.1, 0.15) is 0 Å². The summed E-state index contributed by atoms with van der Waals surface area (Å²) in [4.78, 5) is 13.3. The first-order valence-electron chi connectivity index (χ1n) is 4.57. The van der Waals surface area contributed by atoms with E-state index >= 15 is 0 Å². The number of rotatable bonds is 2. The molecule has 0 radical (unpaired) electrons. The molecule has 0 spiro atoms. The van der Waals surface area contributed by atoms with Crippen LogP contribution in [0.1, 0.15) is 0 Å². The van der Waals surface area contributed by atoms with E-state index in [1.54, 1.807) is 22.7 Å². The summed E-state index contributed by atoms with van der Waals surface area (Å²) >= 11 is 1.63. The molecule has 0 aliphatic carbocycles. The van der Waals surface area contributed by atoms with Crippen LogP contribution in [0.3, 0.4) is 0 Å². The Kier molecular flexibility index (Phi) is 3.00. The summed E-state index contributed by atoms with van der Waals surface area (Å²) in [6, 6.07) is 4.23. The van der Waals surface area contributed by atoms with E-state index in [1.807, 2.05) is 0 Å². The minimum absolute atomic E-state index is 1.20. The zero-order valence-electron chi connectivity index (χ0n) is 8.57. The number of thiophene rings is 1. The normalized spacial score (nSPS) is 11.9. The number of nitrogens with zero attached hydrogens (tertiary/aromatic N) is 1. The molecule has 0 aliphatic heterocycles. The van der Waals surface area contributed by atoms with Gasteiger partial charge >= 0.3 is 97.3 Å². The van der Waals surface area contributed by atoms with Crippen molar-refractivity contribution in [1.29, 1.82) is 0 Å². The van der Waals surface area contributed by atoms with Crippen molar-refractivity contribution in [3.8, 4) is 9.88 Å². The van der Waals surface area contributed by atoms with Gasteiger partial charge in [-0.15, -0.1) is 0 Å². The molecule has 0 saturated heterocycles. The van der Waals surface area contributed by atoms with Crippen LogP contribution >= 0.6 is 22.7 Å². The summed E-state index contributed by atoms with van der Waals surface area (Å²) in [6.45, 7) is 0. The summed E-state index contributed by atoms with van der Waals surface area (Å²) in [7, 11) is 0. The zero-order chi connectivity index (χ0) is 10.2. The standard InChI is InChI=1S/C7H4NS2.3CH3.Sn/c1-2-6(9-4-1)7-8-3-5-10-7;;;;/h1-2,4-5H;3*1H3;. The van der Waals surface area contributed by atoms with E-state index in [9.17, 15) is 0 Å². The Balaban J connectivity index is 2.36. The maximum absolute atomic E-state index is 4.75. The van der Waals surface area contributed by atoms with Gasteiger partial charge in [-0.05, 0) is 0 Å². The third-order valence-electron chi connectivity index (χ3n) is 2.00. The van der Waals surface area contributed by atoms with Crippen LogP contribution in [0.2, 0.25) is 14.8 Å². The zero-order valence-corrected chi connectivity index (χ0v) is 13.1. The van der Waals surface area contributed by atoms with Gasteiger partial charge in [-0.1, -0.05) is 0 Å². The Hall–Kier alpha value is 0.129. The molecule has 14 heavy (non-hydrogen) atoms. The van der Waals surface area contributed by atoms with Crippen LogP contribution in [-0.4, -0.2) is 23.4 Å². The van der Waals surface area contributed by atoms with Crippen molar-refractivity contribution in [1.82, 2.24) is 4.98 Å². The molecule has 2 heterocycles. The third kappa shape index (κ3) is 2.20. The van der Waals surface area contributed by atoms with Crippen LogP contribution in [0.15, 0.2) is 22.9 Å². The first-order chi connectivity index (χ1) is 6.57. The van der Waals surface area contributed by atoms with E-state index < -0.39 is 18.4 Å². The molecule has 0 N–H and O–H groups in total. The Morgan fingerprint density at radius 3 is 2.50 bits per heavy atom. The average Bonchev–Trinajstić information content (AvgIpc) is 2.73. The summed E-state index contributed by atoms with van der Waals surface area (Å²) < 4.78 is 1.40. The van der Waals surface area contributed by atoms with Gasteiger partial charge in [0.2, 0.25) is 0 Å². The SMILES string of the molecule is [CH3][Sn]([CH3])([CH3])[c]1csc(-c2cccs2)n1. The number of thiazole rings is 1. The predicted molar refractivity (Wildman–Crippen MR) is 68.4 cm³/mol. The Labute approximate surface area is 96.7 Å². The molecule has 2 rings (SSSR count). The quantitative estimate of drug-likeness (QED) is 0.769. The van der Waals surface area contributed by atoms with Gasteiger partial charge in [0, 0.05) is 0 Å². The molecule has 2 aromatic rings. The van der Waals surface area contributed by atoms with Gasteiger partial charge in [0.15, 0.2) is 0 Å². The molecule has 0 fully saturated rings. The molecule has 0 amide bonds. The third-order valence-corrected chi connectivity index (χ3v) is 9.60. The monoisotopic (exact) mass is 331 g/mol. The molecule has 0 aliphatic rings. The molecule has 0 atom stereocenters. The first-order valence-corrected chi connectivity index (χ1v) is 16.3. The number of hydrogen-bond donors (Lipinski definition) is 0. The second kappa shape index (κ2) is 3.94. The topological polar surface area (TPSA) is 12.9 Å². The fraction of sp³-hybridized carbons (Fsp3) is 0.300. The van der Waals surface area contributed by atoms with Gasteiger partial charge < -0.3 is 0 Å². The van der Waals surface area contributed by atoms with Crippen molar-refractivity contribution < 1.29 is 0 Å². The fourth-order valence-corrected chi connectivity index (χ4v) is 8.03. The molecule has 1 nitrogen and oxygen atoms in total. The van der Waals surface area contributed by atoms with Gasteiger partial charge in [-0.25, -0.2) is 0 Å². The number of hydrogen-bond acceptors (Lipinski definition) is 3. The van der Waals surface area contributed by atoms with Crippen molar-refractivity contribution in [2.24, 2.45) is 0 Å². The second-order valence-electron chi connectivity index (χ2n) is 4.27. The van der Waals surface area contributed by atoms with E-state index in [-0.39, 0.29) is 0 Å².